The lowest BCUT2D eigenvalue weighted by molar-refractivity contribution is -0.139. The summed E-state index contributed by atoms with van der Waals surface area (Å²) in [7, 11) is 0. The highest BCUT2D eigenvalue weighted by Crippen LogP contribution is 2.39. The van der Waals surface area contributed by atoms with Gasteiger partial charge in [-0.3, -0.25) is 9.59 Å². The second-order valence-electron chi connectivity index (χ2n) is 5.70. The molecule has 0 spiro atoms. The van der Waals surface area contributed by atoms with Gasteiger partial charge in [-0.1, -0.05) is 18.2 Å². The van der Waals surface area contributed by atoms with Crippen LogP contribution < -0.4 is 10.6 Å². The number of carboxylic acids is 1. The van der Waals surface area contributed by atoms with Gasteiger partial charge in [0.1, 0.15) is 0 Å². The summed E-state index contributed by atoms with van der Waals surface area (Å²) in [5.41, 5.74) is 6.79. The van der Waals surface area contributed by atoms with Gasteiger partial charge in [0.15, 0.2) is 0 Å². The molecule has 0 bridgehead atoms. The van der Waals surface area contributed by atoms with Gasteiger partial charge in [0.25, 0.3) is 0 Å². The first-order chi connectivity index (χ1) is 9.53. The first kappa shape index (κ1) is 13.1. The Labute approximate surface area is 117 Å². The van der Waals surface area contributed by atoms with Crippen LogP contribution in [0.15, 0.2) is 24.3 Å². The lowest BCUT2D eigenvalue weighted by Crippen LogP contribution is -2.60. The first-order valence-corrected chi connectivity index (χ1v) is 6.95. The fourth-order valence-corrected chi connectivity index (χ4v) is 3.07. The van der Waals surface area contributed by atoms with Crippen LogP contribution in [0.2, 0.25) is 0 Å². The number of anilines is 1. The summed E-state index contributed by atoms with van der Waals surface area (Å²) in [6, 6.07) is 7.24. The summed E-state index contributed by atoms with van der Waals surface area (Å²) in [6.45, 7) is 0.422. The molecule has 1 aromatic carbocycles. The molecule has 1 heterocycles. The molecule has 2 aliphatic rings. The van der Waals surface area contributed by atoms with E-state index in [1.165, 1.54) is 0 Å². The van der Waals surface area contributed by atoms with Crippen LogP contribution in [0, 0.1) is 0 Å². The summed E-state index contributed by atoms with van der Waals surface area (Å²) in [4.78, 5) is 25.6. The monoisotopic (exact) mass is 274 g/mol. The van der Waals surface area contributed by atoms with Crippen molar-refractivity contribution in [1.82, 2.24) is 0 Å². The lowest BCUT2D eigenvalue weighted by Gasteiger charge is -2.42. The Hall–Kier alpha value is -1.88. The van der Waals surface area contributed by atoms with Gasteiger partial charge < -0.3 is 15.7 Å². The number of hydrogen-bond donors (Lipinski definition) is 2. The van der Waals surface area contributed by atoms with E-state index < -0.39 is 17.4 Å². The second kappa shape index (κ2) is 4.59. The van der Waals surface area contributed by atoms with E-state index in [0.29, 0.717) is 37.1 Å². The zero-order valence-electron chi connectivity index (χ0n) is 11.2. The summed E-state index contributed by atoms with van der Waals surface area (Å²) in [5.74, 6) is -1.44. The number of fused-ring (bicyclic) bond motifs is 1. The van der Waals surface area contributed by atoms with E-state index in [1.807, 2.05) is 18.2 Å². The molecule has 1 aliphatic carbocycles. The molecule has 1 fully saturated rings. The Morgan fingerprint density at radius 3 is 2.60 bits per heavy atom. The molecule has 106 valence electrons. The maximum absolute atomic E-state index is 12.6. The molecular weight excluding hydrogens is 256 g/mol. The van der Waals surface area contributed by atoms with Gasteiger partial charge >= 0.3 is 5.97 Å². The average Bonchev–Trinajstić information content (AvgIpc) is 2.42. The van der Waals surface area contributed by atoms with Gasteiger partial charge in [-0.2, -0.15) is 0 Å². The molecule has 1 atom stereocenters. The van der Waals surface area contributed by atoms with E-state index >= 15 is 0 Å². The molecule has 5 heteroatoms. The molecule has 1 amide bonds. The number of hydrogen-bond acceptors (Lipinski definition) is 3. The number of nitrogens with zero attached hydrogens (tertiary/aromatic N) is 1. The molecule has 3 N–H and O–H groups in total. The van der Waals surface area contributed by atoms with Crippen LogP contribution in [-0.4, -0.2) is 29.1 Å². The minimum Gasteiger partial charge on any atom is -0.481 e. The molecule has 1 aromatic rings. The van der Waals surface area contributed by atoms with Gasteiger partial charge in [0, 0.05) is 12.2 Å². The van der Waals surface area contributed by atoms with E-state index in [0.717, 1.165) is 6.42 Å². The predicted molar refractivity (Wildman–Crippen MR) is 74.6 cm³/mol. The van der Waals surface area contributed by atoms with Crippen molar-refractivity contribution in [1.29, 1.82) is 0 Å². The largest absolute Gasteiger partial charge is 0.481 e. The maximum Gasteiger partial charge on any atom is 0.311 e. The van der Waals surface area contributed by atoms with Gasteiger partial charge in [0.2, 0.25) is 5.91 Å². The van der Waals surface area contributed by atoms with Gasteiger partial charge in [0.05, 0.1) is 11.5 Å². The van der Waals surface area contributed by atoms with Crippen molar-refractivity contribution >= 4 is 17.6 Å². The zero-order valence-corrected chi connectivity index (χ0v) is 11.2. The van der Waals surface area contributed by atoms with Crippen LogP contribution in [0.1, 0.15) is 37.2 Å². The lowest BCUT2D eigenvalue weighted by atomic mass is 9.76. The Balaban J connectivity index is 1.97. The highest BCUT2D eigenvalue weighted by Gasteiger charge is 2.45. The third-order valence-corrected chi connectivity index (χ3v) is 4.46. The van der Waals surface area contributed by atoms with Crippen molar-refractivity contribution in [2.24, 2.45) is 5.73 Å². The van der Waals surface area contributed by atoms with E-state index in [4.69, 9.17) is 5.73 Å². The first-order valence-electron chi connectivity index (χ1n) is 6.95. The Morgan fingerprint density at radius 2 is 2.00 bits per heavy atom. The Morgan fingerprint density at radius 1 is 1.30 bits per heavy atom. The quantitative estimate of drug-likeness (QED) is 0.855. The van der Waals surface area contributed by atoms with Crippen LogP contribution >= 0.6 is 0 Å². The molecule has 1 unspecified atom stereocenters. The zero-order chi connectivity index (χ0) is 14.3. The molecule has 3 rings (SSSR count). The summed E-state index contributed by atoms with van der Waals surface area (Å²) >= 11 is 0. The van der Waals surface area contributed by atoms with Crippen LogP contribution in [0.4, 0.5) is 5.69 Å². The summed E-state index contributed by atoms with van der Waals surface area (Å²) < 4.78 is 0. The molecule has 0 saturated heterocycles. The van der Waals surface area contributed by atoms with E-state index in [-0.39, 0.29) is 5.91 Å². The highest BCUT2D eigenvalue weighted by molar-refractivity contribution is 6.02. The Kier molecular flexibility index (Phi) is 3.01. The second-order valence-corrected chi connectivity index (χ2v) is 5.70. The van der Waals surface area contributed by atoms with Crippen LogP contribution in [-0.2, 0) is 9.59 Å². The third-order valence-electron chi connectivity index (χ3n) is 4.46. The van der Waals surface area contributed by atoms with Crippen molar-refractivity contribution in [3.05, 3.63) is 29.8 Å². The summed E-state index contributed by atoms with van der Waals surface area (Å²) in [6.07, 6.45) is 2.85. The number of carboxylic acid groups (broad SMARTS) is 1. The average molecular weight is 274 g/mol. The SMILES string of the molecule is NC1(C(=O)N2CCC(C(=O)O)c3ccccc32)CCC1. The maximum atomic E-state index is 12.6. The van der Waals surface area contributed by atoms with Crippen molar-refractivity contribution < 1.29 is 14.7 Å². The van der Waals surface area contributed by atoms with E-state index in [9.17, 15) is 14.7 Å². The minimum atomic E-state index is -0.837. The molecule has 5 nitrogen and oxygen atoms in total. The van der Waals surface area contributed by atoms with Gasteiger partial charge in [-0.05, 0) is 37.3 Å². The van der Waals surface area contributed by atoms with Crippen molar-refractivity contribution in [3.63, 3.8) is 0 Å². The number of rotatable bonds is 2. The normalized spacial score (nSPS) is 23.6. The molecule has 0 aromatic heterocycles. The van der Waals surface area contributed by atoms with Crippen LogP contribution in [0.3, 0.4) is 0 Å². The number of aliphatic carboxylic acids is 1. The molecule has 1 saturated carbocycles. The van der Waals surface area contributed by atoms with E-state index in [2.05, 4.69) is 0 Å². The van der Waals surface area contributed by atoms with Crippen molar-refractivity contribution in [3.8, 4) is 0 Å². The van der Waals surface area contributed by atoms with Gasteiger partial charge in [-0.15, -0.1) is 0 Å². The molecule has 1 aliphatic heterocycles. The molecule has 0 radical (unpaired) electrons. The number of amides is 1. The predicted octanol–water partition coefficient (Wildman–Crippen LogP) is 1.47. The summed E-state index contributed by atoms with van der Waals surface area (Å²) in [5, 5.41) is 9.30. The molecular formula is C15H18N2O3. The van der Waals surface area contributed by atoms with E-state index in [1.54, 1.807) is 11.0 Å². The fraction of sp³-hybridized carbons (Fsp3) is 0.467. The van der Waals surface area contributed by atoms with Crippen LogP contribution in [0.25, 0.3) is 0 Å². The van der Waals surface area contributed by atoms with Gasteiger partial charge in [-0.25, -0.2) is 0 Å². The van der Waals surface area contributed by atoms with Crippen LogP contribution in [0.5, 0.6) is 0 Å². The number of carbonyl (C=O) groups excluding carboxylic acids is 1. The fourth-order valence-electron chi connectivity index (χ4n) is 3.07. The smallest absolute Gasteiger partial charge is 0.311 e. The standard InChI is InChI=1S/C15H18N2O3/c16-15(7-3-8-15)14(20)17-9-6-11(13(18)19)10-4-1-2-5-12(10)17/h1-2,4-5,11H,3,6-9,16H2,(H,18,19). The number of nitrogens with two attached hydrogens (primary N) is 1. The minimum absolute atomic E-state index is 0.0694. The topological polar surface area (TPSA) is 83.6 Å². The van der Waals surface area contributed by atoms with Crippen molar-refractivity contribution in [2.75, 3.05) is 11.4 Å². The third kappa shape index (κ3) is 1.89. The number of para-hydroxylation sites is 1. The Bertz CT molecular complexity index is 566. The number of carbonyl (C=O) groups is 2. The molecule has 20 heavy (non-hydrogen) atoms. The highest BCUT2D eigenvalue weighted by atomic mass is 16.4. The number of benzene rings is 1. The van der Waals surface area contributed by atoms with Crippen molar-refractivity contribution in [2.45, 2.75) is 37.1 Å².